The number of hydrogen-bond donors (Lipinski definition) is 1. The average Bonchev–Trinajstić information content (AvgIpc) is 2.90. The van der Waals surface area contributed by atoms with Crippen molar-refractivity contribution in [3.8, 4) is 22.6 Å². The number of ether oxygens (including phenoxy) is 1. The number of nitrogens with zero attached hydrogens (tertiary/aromatic N) is 2. The smallest absolute Gasteiger partial charge is 0.271 e. The van der Waals surface area contributed by atoms with Crippen LogP contribution in [-0.2, 0) is 0 Å². The molecule has 1 N–H and O–H groups in total. The maximum atomic E-state index is 13.4. The summed E-state index contributed by atoms with van der Waals surface area (Å²) < 4.78 is 20.3. The summed E-state index contributed by atoms with van der Waals surface area (Å²) in [5.41, 5.74) is 3.28. The van der Waals surface area contributed by atoms with Crippen LogP contribution < -0.4 is 15.6 Å². The molecule has 184 valence electrons. The van der Waals surface area contributed by atoms with Crippen LogP contribution in [0.15, 0.2) is 96.2 Å². The van der Waals surface area contributed by atoms with E-state index in [1.165, 1.54) is 35.0 Å². The zero-order valence-electron chi connectivity index (χ0n) is 20.4. The van der Waals surface area contributed by atoms with E-state index in [1.807, 2.05) is 43.5 Å². The number of aromatic nitrogens is 2. The molecule has 0 fully saturated rings. The Hall–Kier alpha value is -4.78. The SMILES string of the molecule is CCOc1ccn(-c2ccc(F)cc2)c(=O)c1C(=O)Nc1ccc(C)c(-c2ccc3cnccc3c2)c1. The Bertz CT molecular complexity index is 1680. The molecule has 2 heterocycles. The fourth-order valence-corrected chi connectivity index (χ4v) is 4.26. The van der Waals surface area contributed by atoms with Crippen molar-refractivity contribution in [1.29, 1.82) is 0 Å². The lowest BCUT2D eigenvalue weighted by Crippen LogP contribution is -2.29. The number of pyridine rings is 2. The first-order valence-corrected chi connectivity index (χ1v) is 11.8. The summed E-state index contributed by atoms with van der Waals surface area (Å²) in [5.74, 6) is -0.831. The second-order valence-electron chi connectivity index (χ2n) is 8.56. The number of nitrogens with one attached hydrogen (secondary N) is 1. The van der Waals surface area contributed by atoms with Gasteiger partial charge in [0.25, 0.3) is 11.5 Å². The van der Waals surface area contributed by atoms with Gasteiger partial charge in [0.1, 0.15) is 17.1 Å². The summed E-state index contributed by atoms with van der Waals surface area (Å²) in [6.07, 6.45) is 5.08. The number of carbonyl (C=O) groups excluding carboxylic acids is 1. The minimum atomic E-state index is -0.593. The number of carbonyl (C=O) groups is 1. The van der Waals surface area contributed by atoms with Crippen molar-refractivity contribution in [2.75, 3.05) is 11.9 Å². The molecule has 0 unspecified atom stereocenters. The van der Waals surface area contributed by atoms with Crippen molar-refractivity contribution in [3.05, 3.63) is 119 Å². The van der Waals surface area contributed by atoms with Crippen LogP contribution in [-0.4, -0.2) is 22.1 Å². The Labute approximate surface area is 213 Å². The van der Waals surface area contributed by atoms with E-state index in [2.05, 4.69) is 16.4 Å². The predicted molar refractivity (Wildman–Crippen MR) is 143 cm³/mol. The number of rotatable bonds is 6. The van der Waals surface area contributed by atoms with Crippen molar-refractivity contribution in [2.45, 2.75) is 13.8 Å². The molecular weight excluding hydrogens is 469 g/mol. The molecule has 0 radical (unpaired) electrons. The topological polar surface area (TPSA) is 73.2 Å². The lowest BCUT2D eigenvalue weighted by Gasteiger charge is -2.15. The highest BCUT2D eigenvalue weighted by Crippen LogP contribution is 2.29. The van der Waals surface area contributed by atoms with Gasteiger partial charge in [-0.15, -0.1) is 0 Å². The van der Waals surface area contributed by atoms with Gasteiger partial charge in [0.2, 0.25) is 0 Å². The van der Waals surface area contributed by atoms with Crippen molar-refractivity contribution < 1.29 is 13.9 Å². The molecule has 1 amide bonds. The van der Waals surface area contributed by atoms with Gasteiger partial charge >= 0.3 is 0 Å². The van der Waals surface area contributed by atoms with Crippen molar-refractivity contribution in [1.82, 2.24) is 9.55 Å². The Kier molecular flexibility index (Phi) is 6.51. The molecule has 0 spiro atoms. The van der Waals surface area contributed by atoms with Gasteiger partial charge in [-0.05, 0) is 90.5 Å². The van der Waals surface area contributed by atoms with Crippen molar-refractivity contribution in [3.63, 3.8) is 0 Å². The maximum Gasteiger partial charge on any atom is 0.271 e. The maximum absolute atomic E-state index is 13.4. The highest BCUT2D eigenvalue weighted by Gasteiger charge is 2.20. The molecule has 5 aromatic rings. The van der Waals surface area contributed by atoms with E-state index in [0.717, 1.165) is 27.5 Å². The lowest BCUT2D eigenvalue weighted by atomic mass is 9.97. The van der Waals surface area contributed by atoms with Gasteiger partial charge in [-0.3, -0.25) is 19.1 Å². The summed E-state index contributed by atoms with van der Waals surface area (Å²) in [4.78, 5) is 30.9. The van der Waals surface area contributed by atoms with Gasteiger partial charge < -0.3 is 10.1 Å². The third kappa shape index (κ3) is 4.84. The van der Waals surface area contributed by atoms with Crippen LogP contribution in [0.2, 0.25) is 0 Å². The van der Waals surface area contributed by atoms with Gasteiger partial charge in [0.05, 0.1) is 6.61 Å². The highest BCUT2D eigenvalue weighted by molar-refractivity contribution is 6.06. The van der Waals surface area contributed by atoms with Crippen molar-refractivity contribution >= 4 is 22.4 Å². The summed E-state index contributed by atoms with van der Waals surface area (Å²) in [5, 5.41) is 4.96. The molecule has 7 heteroatoms. The molecule has 2 aromatic heterocycles. The van der Waals surface area contributed by atoms with Crippen molar-refractivity contribution in [2.24, 2.45) is 0 Å². The molecule has 0 aliphatic carbocycles. The van der Waals surface area contributed by atoms with Gasteiger partial charge in [0, 0.05) is 35.4 Å². The monoisotopic (exact) mass is 493 g/mol. The Morgan fingerprint density at radius 1 is 1.00 bits per heavy atom. The summed E-state index contributed by atoms with van der Waals surface area (Å²) in [6.45, 7) is 4.06. The third-order valence-corrected chi connectivity index (χ3v) is 6.13. The normalized spacial score (nSPS) is 10.9. The summed E-state index contributed by atoms with van der Waals surface area (Å²) in [6, 6.07) is 20.7. The Morgan fingerprint density at radius 2 is 1.81 bits per heavy atom. The number of fused-ring (bicyclic) bond motifs is 1. The largest absolute Gasteiger partial charge is 0.493 e. The Morgan fingerprint density at radius 3 is 2.59 bits per heavy atom. The van der Waals surface area contributed by atoms with E-state index < -0.39 is 17.3 Å². The molecule has 6 nitrogen and oxygen atoms in total. The standard InChI is InChI=1S/C30H24FN3O3/c1-3-37-27-13-15-34(25-10-7-23(31)8-11-25)30(36)28(27)29(35)33-24-9-4-19(2)26(17-24)21-5-6-22-18-32-14-12-20(22)16-21/h4-18H,3H2,1-2H3,(H,33,35). The molecule has 37 heavy (non-hydrogen) atoms. The van der Waals surface area contributed by atoms with Crippen LogP contribution in [0, 0.1) is 12.7 Å². The quantitative estimate of drug-likeness (QED) is 0.308. The predicted octanol–water partition coefficient (Wildman–Crippen LogP) is 6.15. The molecule has 0 atom stereocenters. The number of hydrogen-bond acceptors (Lipinski definition) is 4. The second kappa shape index (κ2) is 10.1. The lowest BCUT2D eigenvalue weighted by molar-refractivity contribution is 0.102. The van der Waals surface area contributed by atoms with E-state index in [1.54, 1.807) is 25.3 Å². The van der Waals surface area contributed by atoms with Gasteiger partial charge in [-0.2, -0.15) is 0 Å². The summed E-state index contributed by atoms with van der Waals surface area (Å²) in [7, 11) is 0. The van der Waals surface area contributed by atoms with Crippen LogP contribution in [0.1, 0.15) is 22.8 Å². The summed E-state index contributed by atoms with van der Waals surface area (Å²) >= 11 is 0. The van der Waals surface area contributed by atoms with Gasteiger partial charge in [-0.25, -0.2) is 4.39 Å². The zero-order chi connectivity index (χ0) is 25.9. The molecule has 0 bridgehead atoms. The first kappa shape index (κ1) is 23.9. The first-order chi connectivity index (χ1) is 17.9. The van der Waals surface area contributed by atoms with E-state index >= 15 is 0 Å². The molecule has 0 saturated heterocycles. The minimum Gasteiger partial charge on any atom is -0.493 e. The van der Waals surface area contributed by atoms with E-state index in [9.17, 15) is 14.0 Å². The fraction of sp³-hybridized carbons (Fsp3) is 0.100. The first-order valence-electron chi connectivity index (χ1n) is 11.8. The second-order valence-corrected chi connectivity index (χ2v) is 8.56. The van der Waals surface area contributed by atoms with Crippen LogP contribution in [0.3, 0.4) is 0 Å². The Balaban J connectivity index is 1.52. The number of anilines is 1. The molecule has 5 rings (SSSR count). The van der Waals surface area contributed by atoms with Crippen LogP contribution in [0.5, 0.6) is 5.75 Å². The zero-order valence-corrected chi connectivity index (χ0v) is 20.4. The molecule has 0 saturated carbocycles. The molecule has 0 aliphatic rings. The molecule has 3 aromatic carbocycles. The number of benzene rings is 3. The minimum absolute atomic E-state index is 0.131. The number of amides is 1. The van der Waals surface area contributed by atoms with E-state index in [0.29, 0.717) is 11.4 Å². The third-order valence-electron chi connectivity index (χ3n) is 6.13. The van der Waals surface area contributed by atoms with Crippen LogP contribution in [0.25, 0.3) is 27.6 Å². The van der Waals surface area contributed by atoms with Gasteiger partial charge in [0.15, 0.2) is 0 Å². The van der Waals surface area contributed by atoms with Crippen LogP contribution in [0.4, 0.5) is 10.1 Å². The number of aryl methyl sites for hydroxylation is 1. The van der Waals surface area contributed by atoms with Crippen LogP contribution >= 0.6 is 0 Å². The number of halogens is 1. The highest BCUT2D eigenvalue weighted by atomic mass is 19.1. The molecular formula is C30H24FN3O3. The van der Waals surface area contributed by atoms with E-state index in [4.69, 9.17) is 4.74 Å². The van der Waals surface area contributed by atoms with E-state index in [-0.39, 0.29) is 17.9 Å². The molecule has 0 aliphatic heterocycles. The fourth-order valence-electron chi connectivity index (χ4n) is 4.26. The van der Waals surface area contributed by atoms with Gasteiger partial charge in [-0.1, -0.05) is 18.2 Å². The average molecular weight is 494 g/mol.